The number of nitrogens with two attached hydrogens (primary N) is 1. The number of amidine groups is 1. The van der Waals surface area contributed by atoms with Crippen LogP contribution < -0.4 is 20.5 Å². The van der Waals surface area contributed by atoms with Gasteiger partial charge in [-0.15, -0.1) is 6.42 Å². The third-order valence-electron chi connectivity index (χ3n) is 4.90. The number of nitrogens with zero attached hydrogens (tertiary/aromatic N) is 4. The van der Waals surface area contributed by atoms with Gasteiger partial charge in [-0.3, -0.25) is 9.79 Å². The molecular formula is C21H22F2N6O3S. The van der Waals surface area contributed by atoms with Crippen molar-refractivity contribution in [3.63, 3.8) is 0 Å². The summed E-state index contributed by atoms with van der Waals surface area (Å²) in [6.45, 7) is 3.13. The Kier molecular flexibility index (Phi) is 7.02. The van der Waals surface area contributed by atoms with Crippen LogP contribution in [0.3, 0.4) is 0 Å². The monoisotopic (exact) mass is 476 g/mol. The van der Waals surface area contributed by atoms with Gasteiger partial charge < -0.3 is 20.5 Å². The molecule has 0 radical (unpaired) electrons. The average molecular weight is 477 g/mol. The van der Waals surface area contributed by atoms with Gasteiger partial charge in [0.1, 0.15) is 5.69 Å². The molecule has 2 aromatic heterocycles. The van der Waals surface area contributed by atoms with Crippen molar-refractivity contribution in [3.8, 4) is 24.1 Å². The van der Waals surface area contributed by atoms with Gasteiger partial charge >= 0.3 is 0 Å². The standard InChI is InChI=1S/C21H22F2N6O3S/c1-5-6-32-15-10-25-14(9-26-15)16(30)28-12-7-13(17(31-4)27-8-12)20(2)11-21(3,18(22)23)33-19(24)29-20/h1,7-10,18H,6,11H2,2-4H3,(H2,24,29)(H,28,30)/t20-,21+/m0/s1. The summed E-state index contributed by atoms with van der Waals surface area (Å²) < 4.78 is 36.6. The van der Waals surface area contributed by atoms with Gasteiger partial charge in [0.25, 0.3) is 12.3 Å². The van der Waals surface area contributed by atoms with Crippen LogP contribution >= 0.6 is 11.8 Å². The highest BCUT2D eigenvalue weighted by Crippen LogP contribution is 2.49. The largest absolute Gasteiger partial charge is 0.481 e. The number of rotatable bonds is 7. The van der Waals surface area contributed by atoms with Crippen LogP contribution in [0.4, 0.5) is 14.5 Å². The average Bonchev–Trinajstić information content (AvgIpc) is 2.77. The molecule has 1 aliphatic heterocycles. The van der Waals surface area contributed by atoms with E-state index in [1.165, 1.54) is 32.6 Å². The van der Waals surface area contributed by atoms with E-state index < -0.39 is 22.6 Å². The van der Waals surface area contributed by atoms with E-state index >= 15 is 0 Å². The quantitative estimate of drug-likeness (QED) is 0.585. The Morgan fingerprint density at radius 1 is 1.33 bits per heavy atom. The summed E-state index contributed by atoms with van der Waals surface area (Å²) >= 11 is 0.836. The molecule has 1 aliphatic rings. The van der Waals surface area contributed by atoms with Crippen LogP contribution in [0.5, 0.6) is 11.8 Å². The molecule has 0 fully saturated rings. The molecule has 0 aromatic carbocycles. The molecule has 3 N–H and O–H groups in total. The number of aromatic nitrogens is 3. The zero-order chi connectivity index (χ0) is 24.2. The molecule has 0 saturated carbocycles. The number of amides is 1. The van der Waals surface area contributed by atoms with Crippen LogP contribution in [0.15, 0.2) is 29.6 Å². The number of terminal acetylenes is 1. The van der Waals surface area contributed by atoms with Crippen LogP contribution in [0.2, 0.25) is 0 Å². The lowest BCUT2D eigenvalue weighted by Crippen LogP contribution is -2.44. The lowest BCUT2D eigenvalue weighted by molar-refractivity contribution is 0.0893. The molecule has 0 aliphatic carbocycles. The minimum Gasteiger partial charge on any atom is -0.481 e. The minimum absolute atomic E-state index is 0.0215. The second kappa shape index (κ2) is 9.58. The SMILES string of the molecule is C#CCOc1cnc(C(=O)Nc2cnc(OC)c([C@]3(C)C[C@](C)(C(F)F)SC(N)=N3)c2)cn1. The zero-order valence-electron chi connectivity index (χ0n) is 18.1. The number of ether oxygens (including phenoxy) is 2. The Bertz CT molecular complexity index is 1110. The number of halogens is 2. The Morgan fingerprint density at radius 3 is 2.70 bits per heavy atom. The number of carbonyl (C=O) groups excluding carboxylic acids is 1. The number of anilines is 1. The molecule has 0 saturated heterocycles. The first-order valence-electron chi connectivity index (χ1n) is 9.67. The van der Waals surface area contributed by atoms with Crippen molar-refractivity contribution >= 4 is 28.5 Å². The molecule has 2 atom stereocenters. The normalized spacial score (nSPS) is 22.3. The van der Waals surface area contributed by atoms with Crippen molar-refractivity contribution in [1.82, 2.24) is 15.0 Å². The number of pyridine rings is 1. The summed E-state index contributed by atoms with van der Waals surface area (Å²) in [6, 6.07) is 1.57. The summed E-state index contributed by atoms with van der Waals surface area (Å²) in [6.07, 6.45) is 6.34. The van der Waals surface area contributed by atoms with Gasteiger partial charge in [-0.2, -0.15) is 0 Å². The molecule has 9 nitrogen and oxygen atoms in total. The van der Waals surface area contributed by atoms with Crippen LogP contribution in [0.25, 0.3) is 0 Å². The second-order valence-corrected chi connectivity index (χ2v) is 9.14. The lowest BCUT2D eigenvalue weighted by atomic mass is 9.83. The highest BCUT2D eigenvalue weighted by molar-refractivity contribution is 8.15. The number of alkyl halides is 2. The fourth-order valence-electron chi connectivity index (χ4n) is 3.43. The van der Waals surface area contributed by atoms with E-state index in [4.69, 9.17) is 21.6 Å². The van der Waals surface area contributed by atoms with Gasteiger partial charge in [0, 0.05) is 5.56 Å². The fourth-order valence-corrected chi connectivity index (χ4v) is 4.60. The maximum Gasteiger partial charge on any atom is 0.275 e. The van der Waals surface area contributed by atoms with Crippen molar-refractivity contribution in [2.75, 3.05) is 19.0 Å². The molecule has 0 unspecified atom stereocenters. The predicted molar refractivity (Wildman–Crippen MR) is 121 cm³/mol. The Morgan fingerprint density at radius 2 is 2.09 bits per heavy atom. The highest BCUT2D eigenvalue weighted by Gasteiger charge is 2.48. The fraction of sp³-hybridized carbons (Fsp3) is 0.381. The minimum atomic E-state index is -2.64. The van der Waals surface area contributed by atoms with E-state index in [0.717, 1.165) is 11.8 Å². The van der Waals surface area contributed by atoms with E-state index in [0.29, 0.717) is 5.56 Å². The molecule has 174 valence electrons. The van der Waals surface area contributed by atoms with Gasteiger partial charge in [-0.05, 0) is 26.3 Å². The number of aliphatic imine (C=N–C) groups is 1. The number of hydrogen-bond donors (Lipinski definition) is 2. The van der Waals surface area contributed by atoms with Crippen molar-refractivity contribution < 1.29 is 23.0 Å². The van der Waals surface area contributed by atoms with Crippen LogP contribution in [-0.4, -0.2) is 50.9 Å². The van der Waals surface area contributed by atoms with E-state index in [9.17, 15) is 13.6 Å². The third kappa shape index (κ3) is 5.31. The first kappa shape index (κ1) is 24.2. The van der Waals surface area contributed by atoms with E-state index in [-0.39, 0.29) is 41.3 Å². The van der Waals surface area contributed by atoms with Gasteiger partial charge in [0.2, 0.25) is 11.8 Å². The second-order valence-electron chi connectivity index (χ2n) is 7.58. The molecule has 0 bridgehead atoms. The molecule has 3 rings (SSSR count). The van der Waals surface area contributed by atoms with Gasteiger partial charge in [0.05, 0.1) is 41.7 Å². The molecular weight excluding hydrogens is 454 g/mol. The molecule has 0 spiro atoms. The Labute approximate surface area is 193 Å². The predicted octanol–water partition coefficient (Wildman–Crippen LogP) is 2.84. The number of carbonyl (C=O) groups is 1. The smallest absolute Gasteiger partial charge is 0.275 e. The molecule has 1 amide bonds. The Balaban J connectivity index is 1.89. The first-order valence-corrected chi connectivity index (χ1v) is 10.5. The maximum atomic E-state index is 13.8. The van der Waals surface area contributed by atoms with E-state index in [1.54, 1.807) is 13.0 Å². The first-order chi connectivity index (χ1) is 15.6. The summed E-state index contributed by atoms with van der Waals surface area (Å²) in [5, 5.41) is 2.69. The molecule has 12 heteroatoms. The summed E-state index contributed by atoms with van der Waals surface area (Å²) in [4.78, 5) is 29.2. The third-order valence-corrected chi connectivity index (χ3v) is 5.99. The molecule has 33 heavy (non-hydrogen) atoms. The maximum absolute atomic E-state index is 13.8. The number of nitrogens with one attached hydrogen (secondary N) is 1. The zero-order valence-corrected chi connectivity index (χ0v) is 18.9. The topological polar surface area (TPSA) is 125 Å². The van der Waals surface area contributed by atoms with E-state index in [1.807, 2.05) is 0 Å². The number of methoxy groups -OCH3 is 1. The Hall–Kier alpha value is -3.46. The van der Waals surface area contributed by atoms with Crippen molar-refractivity contribution in [2.24, 2.45) is 10.7 Å². The molecule has 3 heterocycles. The van der Waals surface area contributed by atoms with E-state index in [2.05, 4.69) is 31.2 Å². The van der Waals surface area contributed by atoms with Gasteiger partial charge in [-0.25, -0.2) is 23.7 Å². The van der Waals surface area contributed by atoms with Crippen LogP contribution in [-0.2, 0) is 5.54 Å². The summed E-state index contributed by atoms with van der Waals surface area (Å²) in [7, 11) is 1.41. The number of hydrogen-bond acceptors (Lipinski definition) is 9. The van der Waals surface area contributed by atoms with Crippen molar-refractivity contribution in [3.05, 3.63) is 35.9 Å². The summed E-state index contributed by atoms with van der Waals surface area (Å²) in [5.41, 5.74) is 5.46. The highest BCUT2D eigenvalue weighted by atomic mass is 32.2. The van der Waals surface area contributed by atoms with Crippen LogP contribution in [0, 0.1) is 12.3 Å². The molecule has 2 aromatic rings. The lowest BCUT2D eigenvalue weighted by Gasteiger charge is -2.40. The van der Waals surface area contributed by atoms with Crippen molar-refractivity contribution in [2.45, 2.75) is 37.0 Å². The van der Waals surface area contributed by atoms with Crippen LogP contribution in [0.1, 0.15) is 36.3 Å². The van der Waals surface area contributed by atoms with Gasteiger partial charge in [-0.1, -0.05) is 17.7 Å². The number of thioether (sulfide) groups is 1. The summed E-state index contributed by atoms with van der Waals surface area (Å²) in [5.74, 6) is 2.10. The van der Waals surface area contributed by atoms with Gasteiger partial charge in [0.15, 0.2) is 11.8 Å². The van der Waals surface area contributed by atoms with Crippen molar-refractivity contribution in [1.29, 1.82) is 0 Å².